The average molecular weight is 453 g/mol. The summed E-state index contributed by atoms with van der Waals surface area (Å²) < 4.78 is 7.66. The van der Waals surface area contributed by atoms with Gasteiger partial charge in [0.05, 0.1) is 24.7 Å². The van der Waals surface area contributed by atoms with E-state index in [1.807, 2.05) is 60.8 Å². The van der Waals surface area contributed by atoms with Gasteiger partial charge >= 0.3 is 0 Å². The summed E-state index contributed by atoms with van der Waals surface area (Å²) in [6.45, 7) is 0.423. The molecule has 2 N–H and O–H groups in total. The number of nitrogens with zero attached hydrogens (tertiary/aromatic N) is 4. The fraction of sp³-hybridized carbons (Fsp3) is 0.143. The second-order valence-electron chi connectivity index (χ2n) is 6.42. The molecule has 0 spiro atoms. The van der Waals surface area contributed by atoms with Crippen molar-refractivity contribution in [3.63, 3.8) is 0 Å². The zero-order chi connectivity index (χ0) is 21.5. The van der Waals surface area contributed by atoms with Crippen molar-refractivity contribution in [3.05, 3.63) is 72.6 Å². The molecule has 0 aliphatic rings. The van der Waals surface area contributed by atoms with Gasteiger partial charge in [0.1, 0.15) is 5.75 Å². The normalized spacial score (nSPS) is 10.6. The average Bonchev–Trinajstić information content (AvgIpc) is 3.47. The number of nitrogens with one attached hydrogen (secondary N) is 2. The minimum absolute atomic E-state index is 0.0719. The summed E-state index contributed by atoms with van der Waals surface area (Å²) in [5.41, 5.74) is 2.80. The van der Waals surface area contributed by atoms with Crippen molar-refractivity contribution in [1.82, 2.24) is 25.3 Å². The summed E-state index contributed by atoms with van der Waals surface area (Å²) in [7, 11) is 1.63. The highest BCUT2D eigenvalue weighted by Gasteiger charge is 2.09. The molecule has 0 bridgehead atoms. The molecular weight excluding hydrogens is 432 g/mol. The first-order valence-corrected chi connectivity index (χ1v) is 11.2. The van der Waals surface area contributed by atoms with Gasteiger partial charge in [0, 0.05) is 24.0 Å². The fourth-order valence-electron chi connectivity index (χ4n) is 2.67. The highest BCUT2D eigenvalue weighted by molar-refractivity contribution is 8.01. The number of ether oxygens (including phenoxy) is 1. The van der Waals surface area contributed by atoms with Gasteiger partial charge in [0.15, 0.2) is 4.34 Å². The molecule has 1 amide bonds. The number of carbonyl (C=O) groups is 1. The first-order chi connectivity index (χ1) is 15.2. The number of hydrogen-bond donors (Lipinski definition) is 2. The molecule has 0 aliphatic carbocycles. The van der Waals surface area contributed by atoms with Gasteiger partial charge in [-0.25, -0.2) is 4.68 Å². The van der Waals surface area contributed by atoms with E-state index in [9.17, 15) is 4.79 Å². The van der Waals surface area contributed by atoms with Gasteiger partial charge in [0.2, 0.25) is 11.0 Å². The van der Waals surface area contributed by atoms with E-state index in [-0.39, 0.29) is 11.7 Å². The second kappa shape index (κ2) is 10.1. The molecule has 10 heteroatoms. The molecular formula is C21H20N6O2S2. The molecule has 31 heavy (non-hydrogen) atoms. The van der Waals surface area contributed by atoms with Crippen LogP contribution in [-0.4, -0.2) is 38.7 Å². The predicted octanol–water partition coefficient (Wildman–Crippen LogP) is 3.88. The largest absolute Gasteiger partial charge is 0.497 e. The van der Waals surface area contributed by atoms with Crippen molar-refractivity contribution < 1.29 is 9.53 Å². The van der Waals surface area contributed by atoms with Crippen LogP contribution in [0.1, 0.15) is 5.56 Å². The van der Waals surface area contributed by atoms with E-state index >= 15 is 0 Å². The van der Waals surface area contributed by atoms with Crippen LogP contribution in [0, 0.1) is 0 Å². The molecule has 0 aliphatic heterocycles. The lowest BCUT2D eigenvalue weighted by molar-refractivity contribution is -0.118. The van der Waals surface area contributed by atoms with Crippen LogP contribution >= 0.6 is 23.1 Å². The highest BCUT2D eigenvalue weighted by atomic mass is 32.2. The maximum absolute atomic E-state index is 12.2. The molecule has 4 aromatic rings. The molecule has 0 saturated heterocycles. The zero-order valence-electron chi connectivity index (χ0n) is 16.7. The number of amides is 1. The van der Waals surface area contributed by atoms with Crippen LogP contribution in [0.3, 0.4) is 0 Å². The Labute approximate surface area is 187 Å². The molecule has 2 aromatic carbocycles. The van der Waals surface area contributed by atoms with Crippen LogP contribution in [-0.2, 0) is 11.3 Å². The Hall–Kier alpha value is -3.37. The lowest BCUT2D eigenvalue weighted by Gasteiger charge is -2.03. The lowest BCUT2D eigenvalue weighted by Crippen LogP contribution is -2.24. The summed E-state index contributed by atoms with van der Waals surface area (Å²) in [5, 5.41) is 19.3. The fourth-order valence-corrected chi connectivity index (χ4v) is 4.27. The van der Waals surface area contributed by atoms with Gasteiger partial charge in [0.25, 0.3) is 0 Å². The topological polar surface area (TPSA) is 94.0 Å². The Kier molecular flexibility index (Phi) is 6.80. The van der Waals surface area contributed by atoms with Crippen LogP contribution in [0.25, 0.3) is 5.69 Å². The van der Waals surface area contributed by atoms with E-state index < -0.39 is 0 Å². The van der Waals surface area contributed by atoms with Gasteiger partial charge in [-0.2, -0.15) is 5.10 Å². The molecule has 4 rings (SSSR count). The third-order valence-electron chi connectivity index (χ3n) is 4.22. The second-order valence-corrected chi connectivity index (χ2v) is 8.62. The first-order valence-electron chi connectivity index (χ1n) is 9.42. The van der Waals surface area contributed by atoms with E-state index in [0.29, 0.717) is 11.7 Å². The number of para-hydroxylation sites is 1. The molecule has 0 radical (unpaired) electrons. The number of hydrogen-bond acceptors (Lipinski definition) is 8. The van der Waals surface area contributed by atoms with Crippen LogP contribution in [0.2, 0.25) is 0 Å². The smallest absolute Gasteiger partial charge is 0.230 e. The van der Waals surface area contributed by atoms with Gasteiger partial charge in [-0.05, 0) is 36.4 Å². The van der Waals surface area contributed by atoms with Crippen molar-refractivity contribution in [2.75, 3.05) is 18.2 Å². The molecule has 0 saturated carbocycles. The minimum Gasteiger partial charge on any atom is -0.497 e. The molecule has 0 fully saturated rings. The number of carbonyl (C=O) groups excluding carboxylic acids is 1. The van der Waals surface area contributed by atoms with Gasteiger partial charge < -0.3 is 15.4 Å². The SMILES string of the molecule is COc1ccc(Nc2nnc(SCC(=O)NCc3cnn(-c4ccccc4)c3)s2)cc1. The Bertz CT molecular complexity index is 1130. The molecule has 0 unspecified atom stereocenters. The third-order valence-corrected chi connectivity index (χ3v) is 6.19. The quantitative estimate of drug-likeness (QED) is 0.372. The maximum Gasteiger partial charge on any atom is 0.230 e. The number of thioether (sulfide) groups is 1. The Morgan fingerprint density at radius 1 is 1.13 bits per heavy atom. The van der Waals surface area contributed by atoms with E-state index in [4.69, 9.17) is 4.74 Å². The predicted molar refractivity (Wildman–Crippen MR) is 122 cm³/mol. The summed E-state index contributed by atoms with van der Waals surface area (Å²) in [5.74, 6) is 0.985. The summed E-state index contributed by atoms with van der Waals surface area (Å²) in [6.07, 6.45) is 3.66. The van der Waals surface area contributed by atoms with Crippen molar-refractivity contribution in [3.8, 4) is 11.4 Å². The van der Waals surface area contributed by atoms with Crippen LogP contribution < -0.4 is 15.4 Å². The summed E-state index contributed by atoms with van der Waals surface area (Å²) in [4.78, 5) is 12.2. The molecule has 2 aromatic heterocycles. The Morgan fingerprint density at radius 3 is 2.71 bits per heavy atom. The molecule has 0 atom stereocenters. The maximum atomic E-state index is 12.2. The Morgan fingerprint density at radius 2 is 1.94 bits per heavy atom. The summed E-state index contributed by atoms with van der Waals surface area (Å²) >= 11 is 2.76. The minimum atomic E-state index is -0.0719. The van der Waals surface area contributed by atoms with Crippen molar-refractivity contribution in [2.24, 2.45) is 0 Å². The van der Waals surface area contributed by atoms with E-state index in [1.54, 1.807) is 18.0 Å². The number of methoxy groups -OCH3 is 1. The van der Waals surface area contributed by atoms with Gasteiger partial charge in [-0.1, -0.05) is 41.3 Å². The van der Waals surface area contributed by atoms with Crippen LogP contribution in [0.4, 0.5) is 10.8 Å². The third kappa shape index (κ3) is 5.83. The van der Waals surface area contributed by atoms with Crippen molar-refractivity contribution in [1.29, 1.82) is 0 Å². The molecule has 158 valence electrons. The van der Waals surface area contributed by atoms with Crippen LogP contribution in [0.5, 0.6) is 5.75 Å². The van der Waals surface area contributed by atoms with Crippen LogP contribution in [0.15, 0.2) is 71.3 Å². The van der Waals surface area contributed by atoms with E-state index in [0.717, 1.165) is 27.0 Å². The van der Waals surface area contributed by atoms with Gasteiger partial charge in [-0.3, -0.25) is 4.79 Å². The van der Waals surface area contributed by atoms with Crippen molar-refractivity contribution in [2.45, 2.75) is 10.9 Å². The highest BCUT2D eigenvalue weighted by Crippen LogP contribution is 2.28. The standard InChI is InChI=1S/C21H20N6O2S2/c1-29-18-9-7-16(8-10-18)24-20-25-26-21(31-20)30-14-19(28)22-11-15-12-23-27(13-15)17-5-3-2-4-6-17/h2-10,12-13H,11,14H2,1H3,(H,22,28)(H,24,25). The lowest BCUT2D eigenvalue weighted by atomic mass is 10.3. The molecule has 8 nitrogen and oxygen atoms in total. The number of rotatable bonds is 9. The first kappa shape index (κ1) is 20.9. The monoisotopic (exact) mass is 452 g/mol. The van der Waals surface area contributed by atoms with E-state index in [2.05, 4.69) is 25.9 Å². The Balaban J connectivity index is 1.22. The number of aromatic nitrogens is 4. The summed E-state index contributed by atoms with van der Waals surface area (Å²) in [6, 6.07) is 17.4. The van der Waals surface area contributed by atoms with Crippen molar-refractivity contribution >= 4 is 39.8 Å². The zero-order valence-corrected chi connectivity index (χ0v) is 18.3. The van der Waals surface area contributed by atoms with E-state index in [1.165, 1.54) is 23.1 Å². The number of anilines is 2. The number of benzene rings is 2. The molecule has 2 heterocycles. The van der Waals surface area contributed by atoms with Gasteiger partial charge in [-0.15, -0.1) is 10.2 Å².